The summed E-state index contributed by atoms with van der Waals surface area (Å²) in [5.74, 6) is 0.124. The standard InChI is InChI=1S/C20H27N3O4/c1-4-20(15-8-10-16(27-3)11-9-15)18(25)23(19(26)21-20)13-17(24)22-12-6-5-7-14(22)2/h8-11,14H,4-7,12-13H2,1-3H3,(H,21,26)/t14-,20-/m1/s1. The molecule has 0 unspecified atom stereocenters. The number of methoxy groups -OCH3 is 1. The van der Waals surface area contributed by atoms with Gasteiger partial charge in [0.1, 0.15) is 17.8 Å². The normalized spacial score (nSPS) is 25.5. The predicted molar refractivity (Wildman–Crippen MR) is 100 cm³/mol. The number of amides is 4. The van der Waals surface area contributed by atoms with E-state index in [4.69, 9.17) is 4.74 Å². The molecule has 1 aromatic carbocycles. The number of nitrogens with zero attached hydrogens (tertiary/aromatic N) is 2. The van der Waals surface area contributed by atoms with Crippen LogP contribution in [0, 0.1) is 0 Å². The molecule has 2 fully saturated rings. The Balaban J connectivity index is 1.81. The molecule has 0 saturated carbocycles. The van der Waals surface area contributed by atoms with Gasteiger partial charge in [0, 0.05) is 12.6 Å². The maximum atomic E-state index is 13.2. The van der Waals surface area contributed by atoms with E-state index in [0.29, 0.717) is 24.3 Å². The number of carbonyl (C=O) groups excluding carboxylic acids is 3. The molecule has 2 atom stereocenters. The first kappa shape index (κ1) is 19.2. The van der Waals surface area contributed by atoms with Crippen LogP contribution in [0.25, 0.3) is 0 Å². The van der Waals surface area contributed by atoms with E-state index in [9.17, 15) is 14.4 Å². The Morgan fingerprint density at radius 3 is 2.56 bits per heavy atom. The van der Waals surface area contributed by atoms with Gasteiger partial charge in [0.15, 0.2) is 0 Å². The molecule has 2 aliphatic rings. The van der Waals surface area contributed by atoms with Crippen molar-refractivity contribution in [1.82, 2.24) is 15.1 Å². The summed E-state index contributed by atoms with van der Waals surface area (Å²) >= 11 is 0. The van der Waals surface area contributed by atoms with Crippen molar-refractivity contribution in [3.8, 4) is 5.75 Å². The summed E-state index contributed by atoms with van der Waals surface area (Å²) in [5, 5.41) is 2.82. The summed E-state index contributed by atoms with van der Waals surface area (Å²) < 4.78 is 5.16. The van der Waals surface area contributed by atoms with Crippen LogP contribution in [0.15, 0.2) is 24.3 Å². The number of benzene rings is 1. The summed E-state index contributed by atoms with van der Waals surface area (Å²) in [4.78, 5) is 41.3. The Hall–Kier alpha value is -2.57. The van der Waals surface area contributed by atoms with Crippen molar-refractivity contribution in [3.05, 3.63) is 29.8 Å². The number of imide groups is 1. The van der Waals surface area contributed by atoms with Gasteiger partial charge < -0.3 is 15.0 Å². The molecule has 0 aromatic heterocycles. The van der Waals surface area contributed by atoms with Gasteiger partial charge in [0.2, 0.25) is 5.91 Å². The molecular weight excluding hydrogens is 346 g/mol. The predicted octanol–water partition coefficient (Wildman–Crippen LogP) is 2.25. The van der Waals surface area contributed by atoms with Gasteiger partial charge in [-0.05, 0) is 50.3 Å². The molecule has 7 heteroatoms. The van der Waals surface area contributed by atoms with Crippen LogP contribution in [0.5, 0.6) is 5.75 Å². The molecular formula is C20H27N3O4. The van der Waals surface area contributed by atoms with E-state index in [2.05, 4.69) is 5.32 Å². The van der Waals surface area contributed by atoms with Crippen LogP contribution in [0.4, 0.5) is 4.79 Å². The fourth-order valence-electron chi connectivity index (χ4n) is 3.98. The summed E-state index contributed by atoms with van der Waals surface area (Å²) in [7, 11) is 1.57. The van der Waals surface area contributed by atoms with Gasteiger partial charge >= 0.3 is 6.03 Å². The lowest BCUT2D eigenvalue weighted by Crippen LogP contribution is -2.49. The molecule has 0 aliphatic carbocycles. The monoisotopic (exact) mass is 373 g/mol. The Morgan fingerprint density at radius 2 is 1.96 bits per heavy atom. The van der Waals surface area contributed by atoms with Crippen molar-refractivity contribution >= 4 is 17.8 Å². The third kappa shape index (κ3) is 3.38. The first-order valence-electron chi connectivity index (χ1n) is 9.51. The van der Waals surface area contributed by atoms with Crippen LogP contribution in [-0.4, -0.2) is 53.9 Å². The van der Waals surface area contributed by atoms with Crippen LogP contribution in [0.1, 0.15) is 45.1 Å². The fourth-order valence-corrected chi connectivity index (χ4v) is 3.98. The van der Waals surface area contributed by atoms with Crippen LogP contribution >= 0.6 is 0 Å². The molecule has 3 rings (SSSR count). The number of carbonyl (C=O) groups is 3. The smallest absolute Gasteiger partial charge is 0.325 e. The van der Waals surface area contributed by atoms with Crippen LogP contribution in [-0.2, 0) is 15.1 Å². The Labute approximate surface area is 159 Å². The molecule has 2 saturated heterocycles. The van der Waals surface area contributed by atoms with Gasteiger partial charge in [-0.25, -0.2) is 4.79 Å². The highest BCUT2D eigenvalue weighted by Gasteiger charge is 2.52. The number of nitrogens with one attached hydrogen (secondary N) is 1. The molecule has 2 aliphatic heterocycles. The van der Waals surface area contributed by atoms with E-state index in [1.807, 2.05) is 13.8 Å². The molecule has 0 bridgehead atoms. The third-order valence-electron chi connectivity index (χ3n) is 5.71. The van der Waals surface area contributed by atoms with Crippen molar-refractivity contribution in [1.29, 1.82) is 0 Å². The molecule has 0 spiro atoms. The van der Waals surface area contributed by atoms with Crippen LogP contribution in [0.2, 0.25) is 0 Å². The minimum Gasteiger partial charge on any atom is -0.497 e. The number of urea groups is 1. The molecule has 0 radical (unpaired) electrons. The first-order valence-corrected chi connectivity index (χ1v) is 9.51. The van der Waals surface area contributed by atoms with Gasteiger partial charge in [-0.2, -0.15) is 0 Å². The second-order valence-electron chi connectivity index (χ2n) is 7.24. The number of piperidine rings is 1. The number of hydrogen-bond acceptors (Lipinski definition) is 4. The number of ether oxygens (including phenoxy) is 1. The van der Waals surface area contributed by atoms with Gasteiger partial charge in [-0.15, -0.1) is 0 Å². The molecule has 146 valence electrons. The lowest BCUT2D eigenvalue weighted by Gasteiger charge is -2.34. The second-order valence-corrected chi connectivity index (χ2v) is 7.24. The zero-order valence-electron chi connectivity index (χ0n) is 16.2. The van der Waals surface area contributed by atoms with Gasteiger partial charge in [-0.1, -0.05) is 19.1 Å². The number of likely N-dealkylation sites (tertiary alicyclic amines) is 1. The SMILES string of the molecule is CC[C@]1(c2ccc(OC)cc2)NC(=O)N(CC(=O)N2CCCC[C@H]2C)C1=O. The minimum absolute atomic E-state index is 0.143. The van der Waals surface area contributed by atoms with Crippen LogP contribution in [0.3, 0.4) is 0 Å². The molecule has 1 N–H and O–H groups in total. The average molecular weight is 373 g/mol. The molecule has 1 aromatic rings. The van der Waals surface area contributed by atoms with Crippen molar-refractivity contribution in [2.75, 3.05) is 20.2 Å². The highest BCUT2D eigenvalue weighted by molar-refractivity contribution is 6.09. The van der Waals surface area contributed by atoms with Crippen molar-refractivity contribution in [2.24, 2.45) is 0 Å². The lowest BCUT2D eigenvalue weighted by atomic mass is 9.87. The highest BCUT2D eigenvalue weighted by Crippen LogP contribution is 2.33. The second kappa shape index (κ2) is 7.58. The van der Waals surface area contributed by atoms with E-state index in [0.717, 1.165) is 24.2 Å². The van der Waals surface area contributed by atoms with E-state index < -0.39 is 11.6 Å². The number of rotatable bonds is 5. The molecule has 2 heterocycles. The average Bonchev–Trinajstić information content (AvgIpc) is 2.93. The van der Waals surface area contributed by atoms with Crippen molar-refractivity contribution < 1.29 is 19.1 Å². The van der Waals surface area contributed by atoms with E-state index in [1.54, 1.807) is 36.3 Å². The van der Waals surface area contributed by atoms with E-state index >= 15 is 0 Å². The third-order valence-corrected chi connectivity index (χ3v) is 5.71. The number of hydrogen-bond donors (Lipinski definition) is 1. The maximum absolute atomic E-state index is 13.2. The van der Waals surface area contributed by atoms with Gasteiger partial charge in [-0.3, -0.25) is 14.5 Å². The quantitative estimate of drug-likeness (QED) is 0.803. The largest absolute Gasteiger partial charge is 0.497 e. The summed E-state index contributed by atoms with van der Waals surface area (Å²) in [5.41, 5.74) is -0.456. The highest BCUT2D eigenvalue weighted by atomic mass is 16.5. The fraction of sp³-hybridized carbons (Fsp3) is 0.550. The lowest BCUT2D eigenvalue weighted by molar-refractivity contribution is -0.141. The zero-order chi connectivity index (χ0) is 19.6. The molecule has 27 heavy (non-hydrogen) atoms. The van der Waals surface area contributed by atoms with E-state index in [1.165, 1.54) is 0 Å². The maximum Gasteiger partial charge on any atom is 0.325 e. The summed E-state index contributed by atoms with van der Waals surface area (Å²) in [6.07, 6.45) is 3.41. The van der Waals surface area contributed by atoms with E-state index in [-0.39, 0.29) is 24.4 Å². The van der Waals surface area contributed by atoms with Crippen molar-refractivity contribution in [3.63, 3.8) is 0 Å². The topological polar surface area (TPSA) is 79.0 Å². The molecule has 4 amide bonds. The zero-order valence-corrected chi connectivity index (χ0v) is 16.2. The van der Waals surface area contributed by atoms with Gasteiger partial charge in [0.05, 0.1) is 7.11 Å². The Kier molecular flexibility index (Phi) is 5.39. The Bertz CT molecular complexity index is 733. The van der Waals surface area contributed by atoms with Gasteiger partial charge in [0.25, 0.3) is 5.91 Å². The summed E-state index contributed by atoms with van der Waals surface area (Å²) in [6, 6.07) is 6.70. The van der Waals surface area contributed by atoms with Crippen molar-refractivity contribution in [2.45, 2.75) is 51.1 Å². The molecule has 7 nitrogen and oxygen atoms in total. The first-order chi connectivity index (χ1) is 12.9. The Morgan fingerprint density at radius 1 is 1.26 bits per heavy atom. The van der Waals surface area contributed by atoms with Crippen LogP contribution < -0.4 is 10.1 Å². The minimum atomic E-state index is -1.14. The summed E-state index contributed by atoms with van der Waals surface area (Å²) in [6.45, 7) is 4.32.